The van der Waals surface area contributed by atoms with Gasteiger partial charge in [0.05, 0.1) is 0 Å². The SMILES string of the molecule is CCCC(CC1=CC=C(C(C)C=O)C=CC1)C(C)=O.CO. The topological polar surface area (TPSA) is 54.4 Å². The van der Waals surface area contributed by atoms with Crippen molar-refractivity contribution in [2.45, 2.75) is 46.5 Å². The summed E-state index contributed by atoms with van der Waals surface area (Å²) in [5.74, 6) is 0.357. The van der Waals surface area contributed by atoms with Gasteiger partial charge < -0.3 is 9.90 Å². The average Bonchev–Trinajstić information content (AvgIpc) is 2.73. The monoisotopic (exact) mass is 292 g/mol. The molecule has 1 aliphatic carbocycles. The molecule has 0 aromatic rings. The van der Waals surface area contributed by atoms with Crippen molar-refractivity contribution in [3.05, 3.63) is 35.5 Å². The minimum Gasteiger partial charge on any atom is -0.400 e. The molecule has 0 aromatic heterocycles. The maximum Gasteiger partial charge on any atom is 0.133 e. The van der Waals surface area contributed by atoms with Crippen LogP contribution in [0.1, 0.15) is 46.5 Å². The van der Waals surface area contributed by atoms with Gasteiger partial charge in [0.1, 0.15) is 12.1 Å². The summed E-state index contributed by atoms with van der Waals surface area (Å²) in [5, 5.41) is 7.00. The molecule has 0 saturated heterocycles. The van der Waals surface area contributed by atoms with Crippen LogP contribution in [0.25, 0.3) is 0 Å². The molecule has 0 radical (unpaired) electrons. The Hall–Kier alpha value is -1.48. The van der Waals surface area contributed by atoms with E-state index >= 15 is 0 Å². The highest BCUT2D eigenvalue weighted by molar-refractivity contribution is 5.78. The molecule has 2 unspecified atom stereocenters. The predicted molar refractivity (Wildman–Crippen MR) is 87.0 cm³/mol. The Morgan fingerprint density at radius 3 is 2.57 bits per heavy atom. The molecule has 0 spiro atoms. The lowest BCUT2D eigenvalue weighted by Crippen LogP contribution is -2.11. The van der Waals surface area contributed by atoms with Crippen LogP contribution < -0.4 is 0 Å². The molecule has 1 rings (SSSR count). The summed E-state index contributed by atoms with van der Waals surface area (Å²) in [6.45, 7) is 5.70. The fourth-order valence-electron chi connectivity index (χ4n) is 2.33. The van der Waals surface area contributed by atoms with Crippen LogP contribution in [0.4, 0.5) is 0 Å². The zero-order valence-corrected chi connectivity index (χ0v) is 13.6. The largest absolute Gasteiger partial charge is 0.400 e. The third-order valence-electron chi connectivity index (χ3n) is 3.65. The molecular weight excluding hydrogens is 264 g/mol. The maximum atomic E-state index is 11.6. The minimum atomic E-state index is -0.0638. The van der Waals surface area contributed by atoms with Gasteiger partial charge in [0.25, 0.3) is 0 Å². The number of aliphatic hydroxyl groups excluding tert-OH is 1. The van der Waals surface area contributed by atoms with E-state index < -0.39 is 0 Å². The second-order valence-electron chi connectivity index (χ2n) is 5.32. The molecule has 0 amide bonds. The van der Waals surface area contributed by atoms with E-state index in [1.54, 1.807) is 6.92 Å². The number of allylic oxidation sites excluding steroid dienone is 6. The number of aldehydes is 1. The third kappa shape index (κ3) is 7.19. The van der Waals surface area contributed by atoms with Gasteiger partial charge >= 0.3 is 0 Å². The molecule has 0 fully saturated rings. The molecule has 1 aliphatic rings. The summed E-state index contributed by atoms with van der Waals surface area (Å²) in [7, 11) is 1.00. The zero-order chi connectivity index (χ0) is 16.3. The molecule has 0 bridgehead atoms. The molecule has 0 aliphatic heterocycles. The molecule has 0 heterocycles. The molecule has 1 N–H and O–H groups in total. The number of Topliss-reactive ketones (excluding diaryl/α,β-unsaturated/α-hetero) is 1. The van der Waals surface area contributed by atoms with Crippen molar-refractivity contribution in [3.8, 4) is 0 Å². The normalized spacial score (nSPS) is 16.6. The Kier molecular flexibility index (Phi) is 10.4. The lowest BCUT2D eigenvalue weighted by molar-refractivity contribution is -0.121. The highest BCUT2D eigenvalue weighted by Gasteiger charge is 2.15. The van der Waals surface area contributed by atoms with Crippen LogP contribution in [-0.2, 0) is 9.59 Å². The van der Waals surface area contributed by atoms with E-state index in [0.717, 1.165) is 44.7 Å². The summed E-state index contributed by atoms with van der Waals surface area (Å²) in [6.07, 6.45) is 12.9. The van der Waals surface area contributed by atoms with Gasteiger partial charge in [-0.1, -0.05) is 50.1 Å². The van der Waals surface area contributed by atoms with Gasteiger partial charge in [0.2, 0.25) is 0 Å². The van der Waals surface area contributed by atoms with Gasteiger partial charge in [-0.25, -0.2) is 0 Å². The molecule has 3 nitrogen and oxygen atoms in total. The third-order valence-corrected chi connectivity index (χ3v) is 3.65. The Balaban J connectivity index is 0.00000191. The lowest BCUT2D eigenvalue weighted by atomic mass is 9.90. The fraction of sp³-hybridized carbons (Fsp3) is 0.556. The Labute approximate surface area is 128 Å². The smallest absolute Gasteiger partial charge is 0.133 e. The molecule has 118 valence electrons. The highest BCUT2D eigenvalue weighted by atomic mass is 16.2. The number of rotatable bonds is 7. The van der Waals surface area contributed by atoms with Gasteiger partial charge in [0, 0.05) is 18.9 Å². The van der Waals surface area contributed by atoms with Gasteiger partial charge in [0.15, 0.2) is 0 Å². The van der Waals surface area contributed by atoms with E-state index in [1.807, 2.05) is 19.1 Å². The summed E-state index contributed by atoms with van der Waals surface area (Å²) in [6, 6.07) is 0. The standard InChI is InChI=1S/C17H24O2.CH4O/c1-4-6-17(14(3)19)11-15-7-5-8-16(10-9-15)13(2)12-18;1-2/h5,8-10,12-13,17H,4,6-7,11H2,1-3H3;2H,1H3. The Morgan fingerprint density at radius 1 is 1.38 bits per heavy atom. The van der Waals surface area contributed by atoms with Crippen LogP contribution in [0.3, 0.4) is 0 Å². The van der Waals surface area contributed by atoms with Crippen LogP contribution in [0.5, 0.6) is 0 Å². The number of carbonyl (C=O) groups is 2. The first-order valence-corrected chi connectivity index (χ1v) is 7.55. The van der Waals surface area contributed by atoms with E-state index in [1.165, 1.54) is 5.57 Å². The number of carbonyl (C=O) groups excluding carboxylic acids is 2. The van der Waals surface area contributed by atoms with Crippen molar-refractivity contribution in [2.24, 2.45) is 11.8 Å². The maximum absolute atomic E-state index is 11.6. The summed E-state index contributed by atoms with van der Waals surface area (Å²) < 4.78 is 0. The van der Waals surface area contributed by atoms with Crippen LogP contribution in [0.15, 0.2) is 35.5 Å². The lowest BCUT2D eigenvalue weighted by Gasteiger charge is -2.13. The van der Waals surface area contributed by atoms with Gasteiger partial charge in [-0.05, 0) is 31.8 Å². The Bertz CT molecular complexity index is 416. The number of ketones is 1. The molecule has 2 atom stereocenters. The Morgan fingerprint density at radius 2 is 2.05 bits per heavy atom. The van der Waals surface area contributed by atoms with Crippen molar-refractivity contribution in [2.75, 3.05) is 7.11 Å². The van der Waals surface area contributed by atoms with E-state index in [4.69, 9.17) is 5.11 Å². The van der Waals surface area contributed by atoms with Gasteiger partial charge in [-0.15, -0.1) is 0 Å². The van der Waals surface area contributed by atoms with E-state index in [0.29, 0.717) is 0 Å². The highest BCUT2D eigenvalue weighted by Crippen LogP contribution is 2.24. The number of hydrogen-bond donors (Lipinski definition) is 1. The van der Waals surface area contributed by atoms with Crippen molar-refractivity contribution in [3.63, 3.8) is 0 Å². The van der Waals surface area contributed by atoms with Crippen LogP contribution in [0, 0.1) is 11.8 Å². The fourth-order valence-corrected chi connectivity index (χ4v) is 2.33. The van der Waals surface area contributed by atoms with Gasteiger partial charge in [-0.3, -0.25) is 4.79 Å². The average molecular weight is 292 g/mol. The zero-order valence-electron chi connectivity index (χ0n) is 13.6. The summed E-state index contributed by atoms with van der Waals surface area (Å²) in [5.41, 5.74) is 2.32. The molecular formula is C18H28O3. The van der Waals surface area contributed by atoms with Gasteiger partial charge in [-0.2, -0.15) is 0 Å². The summed E-state index contributed by atoms with van der Waals surface area (Å²) >= 11 is 0. The summed E-state index contributed by atoms with van der Waals surface area (Å²) in [4.78, 5) is 22.4. The number of aliphatic hydroxyl groups is 1. The van der Waals surface area contributed by atoms with E-state index in [2.05, 4.69) is 19.1 Å². The van der Waals surface area contributed by atoms with E-state index in [-0.39, 0.29) is 17.6 Å². The van der Waals surface area contributed by atoms with Crippen molar-refractivity contribution in [1.82, 2.24) is 0 Å². The first-order valence-electron chi connectivity index (χ1n) is 7.55. The second kappa shape index (κ2) is 11.2. The minimum absolute atomic E-state index is 0.0638. The number of hydrogen-bond acceptors (Lipinski definition) is 3. The second-order valence-corrected chi connectivity index (χ2v) is 5.32. The first-order chi connectivity index (χ1) is 10.1. The molecule has 0 saturated carbocycles. The van der Waals surface area contributed by atoms with Crippen molar-refractivity contribution < 1.29 is 14.7 Å². The quantitative estimate of drug-likeness (QED) is 0.729. The molecule has 21 heavy (non-hydrogen) atoms. The molecule has 3 heteroatoms. The predicted octanol–water partition coefficient (Wildman–Crippen LogP) is 3.64. The van der Waals surface area contributed by atoms with Crippen LogP contribution in [-0.4, -0.2) is 24.3 Å². The molecule has 0 aromatic carbocycles. The first kappa shape index (κ1) is 19.5. The van der Waals surface area contributed by atoms with Crippen LogP contribution in [0.2, 0.25) is 0 Å². The van der Waals surface area contributed by atoms with Crippen molar-refractivity contribution in [1.29, 1.82) is 0 Å². The van der Waals surface area contributed by atoms with Crippen LogP contribution >= 0.6 is 0 Å². The van der Waals surface area contributed by atoms with Crippen molar-refractivity contribution >= 4 is 12.1 Å². The van der Waals surface area contributed by atoms with E-state index in [9.17, 15) is 9.59 Å².